The van der Waals surface area contributed by atoms with E-state index in [2.05, 4.69) is 18.0 Å². The van der Waals surface area contributed by atoms with E-state index in [9.17, 15) is 10.1 Å². The molecule has 1 aromatic rings. The molecule has 0 aromatic heterocycles. The molecule has 1 N–H and O–H groups in total. The van der Waals surface area contributed by atoms with E-state index < -0.39 is 0 Å². The van der Waals surface area contributed by atoms with Crippen LogP contribution in [0.4, 0.5) is 0 Å². The number of carbonyl (C=O) groups is 1. The smallest absolute Gasteiger partial charge is 0.225 e. The first-order chi connectivity index (χ1) is 9.67. The van der Waals surface area contributed by atoms with Crippen LogP contribution >= 0.6 is 11.8 Å². The number of allylic oxidation sites excluding steroid dienone is 1. The van der Waals surface area contributed by atoms with Gasteiger partial charge >= 0.3 is 0 Å². The quantitative estimate of drug-likeness (QED) is 0.863. The zero-order chi connectivity index (χ0) is 14.5. The number of hydrogen-bond donors (Lipinski definition) is 1. The average Bonchev–Trinajstić information content (AvgIpc) is 2.45. The molecular weight excluding hydrogens is 268 g/mol. The van der Waals surface area contributed by atoms with Crippen LogP contribution in [0.15, 0.2) is 47.5 Å². The third kappa shape index (κ3) is 2.94. The second-order valence-corrected chi connectivity index (χ2v) is 5.65. The van der Waals surface area contributed by atoms with Gasteiger partial charge in [-0.2, -0.15) is 5.26 Å². The zero-order valence-electron chi connectivity index (χ0n) is 11.3. The first-order valence-electron chi connectivity index (χ1n) is 6.40. The number of nitrogens with one attached hydrogen (secondary N) is 1. The number of hydrogen-bond acceptors (Lipinski definition) is 3. The summed E-state index contributed by atoms with van der Waals surface area (Å²) < 4.78 is 0. The molecule has 0 bridgehead atoms. The summed E-state index contributed by atoms with van der Waals surface area (Å²) in [6.07, 6.45) is 2.09. The fraction of sp³-hybridized carbons (Fsp3) is 0.250. The maximum atomic E-state index is 11.9. The summed E-state index contributed by atoms with van der Waals surface area (Å²) in [5.41, 5.74) is 2.80. The predicted molar refractivity (Wildman–Crippen MR) is 82.0 cm³/mol. The maximum Gasteiger partial charge on any atom is 0.225 e. The Morgan fingerprint density at radius 2 is 2.30 bits per heavy atom. The van der Waals surface area contributed by atoms with E-state index in [1.54, 1.807) is 6.08 Å². The van der Waals surface area contributed by atoms with Gasteiger partial charge in [-0.25, -0.2) is 0 Å². The Labute approximate surface area is 123 Å². The number of nitrogens with zero attached hydrogens (tertiary/aromatic N) is 1. The predicted octanol–water partition coefficient (Wildman–Crippen LogP) is 3.25. The lowest BCUT2D eigenvalue weighted by Crippen LogP contribution is -2.31. The third-order valence-electron chi connectivity index (χ3n) is 3.27. The van der Waals surface area contributed by atoms with Gasteiger partial charge in [0.05, 0.1) is 16.7 Å². The molecule has 102 valence electrons. The molecule has 0 aliphatic carbocycles. The number of amides is 1. The van der Waals surface area contributed by atoms with Crippen LogP contribution in [-0.4, -0.2) is 11.7 Å². The molecule has 0 unspecified atom stereocenters. The molecule has 1 aromatic carbocycles. The average molecular weight is 284 g/mol. The van der Waals surface area contributed by atoms with Crippen molar-refractivity contribution in [2.45, 2.75) is 19.3 Å². The van der Waals surface area contributed by atoms with Crippen LogP contribution in [0.3, 0.4) is 0 Å². The molecule has 1 atom stereocenters. The van der Waals surface area contributed by atoms with E-state index in [1.165, 1.54) is 11.8 Å². The molecule has 1 aliphatic rings. The standard InChI is InChI=1S/C16H16N2OS/c1-3-8-20-16-14(10-17)13(9-15(19)18-16)12-7-5-4-6-11(12)2/h3-7,13H,1,8-9H2,2H3,(H,18,19)/t13-/m1/s1. The van der Waals surface area contributed by atoms with Crippen molar-refractivity contribution >= 4 is 17.7 Å². The normalized spacial score (nSPS) is 18.4. The van der Waals surface area contributed by atoms with Crippen molar-refractivity contribution in [1.82, 2.24) is 5.32 Å². The Kier molecular flexibility index (Phi) is 4.65. The molecule has 0 saturated carbocycles. The minimum Gasteiger partial charge on any atom is -0.320 e. The minimum absolute atomic E-state index is 0.0381. The van der Waals surface area contributed by atoms with Gasteiger partial charge in [0.2, 0.25) is 5.91 Å². The summed E-state index contributed by atoms with van der Waals surface area (Å²) in [6, 6.07) is 10.2. The van der Waals surface area contributed by atoms with Gasteiger partial charge in [-0.1, -0.05) is 30.3 Å². The summed E-state index contributed by atoms with van der Waals surface area (Å²) in [5.74, 6) is 0.479. The highest BCUT2D eigenvalue weighted by molar-refractivity contribution is 8.03. The number of thioether (sulfide) groups is 1. The third-order valence-corrected chi connectivity index (χ3v) is 4.28. The van der Waals surface area contributed by atoms with Gasteiger partial charge in [-0.05, 0) is 18.1 Å². The van der Waals surface area contributed by atoms with Gasteiger partial charge in [-0.3, -0.25) is 4.79 Å². The zero-order valence-corrected chi connectivity index (χ0v) is 12.2. The van der Waals surface area contributed by atoms with Crippen molar-refractivity contribution in [2.75, 3.05) is 5.75 Å². The van der Waals surface area contributed by atoms with Crippen molar-refractivity contribution in [3.63, 3.8) is 0 Å². The van der Waals surface area contributed by atoms with Crippen LogP contribution in [0.2, 0.25) is 0 Å². The van der Waals surface area contributed by atoms with Crippen molar-refractivity contribution in [3.05, 3.63) is 58.6 Å². The summed E-state index contributed by atoms with van der Waals surface area (Å²) in [4.78, 5) is 11.9. The van der Waals surface area contributed by atoms with Crippen LogP contribution in [0, 0.1) is 18.3 Å². The Bertz CT molecular complexity index is 613. The van der Waals surface area contributed by atoms with E-state index in [4.69, 9.17) is 0 Å². The van der Waals surface area contributed by atoms with Gasteiger partial charge in [0.15, 0.2) is 0 Å². The highest BCUT2D eigenvalue weighted by atomic mass is 32.2. The second-order valence-electron chi connectivity index (χ2n) is 4.62. The van der Waals surface area contributed by atoms with Crippen LogP contribution < -0.4 is 5.32 Å². The van der Waals surface area contributed by atoms with E-state index in [0.717, 1.165) is 11.1 Å². The van der Waals surface area contributed by atoms with Crippen LogP contribution in [0.5, 0.6) is 0 Å². The van der Waals surface area contributed by atoms with Crippen molar-refractivity contribution in [3.8, 4) is 6.07 Å². The lowest BCUT2D eigenvalue weighted by Gasteiger charge is -2.25. The van der Waals surface area contributed by atoms with Crippen molar-refractivity contribution in [2.24, 2.45) is 0 Å². The van der Waals surface area contributed by atoms with Gasteiger partial charge in [0, 0.05) is 18.1 Å². The molecule has 0 spiro atoms. The first-order valence-corrected chi connectivity index (χ1v) is 7.39. The van der Waals surface area contributed by atoms with E-state index in [1.807, 2.05) is 31.2 Å². The molecular formula is C16H16N2OS. The Hall–Kier alpha value is -1.99. The molecule has 2 rings (SSSR count). The summed E-state index contributed by atoms with van der Waals surface area (Å²) in [6.45, 7) is 5.67. The Morgan fingerprint density at radius 1 is 1.55 bits per heavy atom. The van der Waals surface area contributed by atoms with Gasteiger partial charge in [-0.15, -0.1) is 18.3 Å². The molecule has 0 fully saturated rings. The Balaban J connectivity index is 2.45. The summed E-state index contributed by atoms with van der Waals surface area (Å²) in [5, 5.41) is 12.9. The Morgan fingerprint density at radius 3 is 2.95 bits per heavy atom. The molecule has 4 heteroatoms. The van der Waals surface area contributed by atoms with E-state index >= 15 is 0 Å². The van der Waals surface area contributed by atoms with E-state index in [-0.39, 0.29) is 11.8 Å². The molecule has 1 heterocycles. The fourth-order valence-electron chi connectivity index (χ4n) is 2.32. The highest BCUT2D eigenvalue weighted by Crippen LogP contribution is 2.36. The molecule has 1 aliphatic heterocycles. The number of nitriles is 1. The van der Waals surface area contributed by atoms with Gasteiger partial charge in [0.25, 0.3) is 0 Å². The second kappa shape index (κ2) is 6.44. The van der Waals surface area contributed by atoms with E-state index in [0.29, 0.717) is 22.8 Å². The number of aryl methyl sites for hydroxylation is 1. The van der Waals surface area contributed by atoms with Crippen LogP contribution in [-0.2, 0) is 4.79 Å². The molecule has 1 amide bonds. The number of carbonyl (C=O) groups excluding carboxylic acids is 1. The summed E-state index contributed by atoms with van der Waals surface area (Å²) >= 11 is 1.45. The highest BCUT2D eigenvalue weighted by Gasteiger charge is 2.29. The first kappa shape index (κ1) is 14.4. The van der Waals surface area contributed by atoms with Crippen molar-refractivity contribution in [1.29, 1.82) is 5.26 Å². The van der Waals surface area contributed by atoms with Crippen molar-refractivity contribution < 1.29 is 4.79 Å². The lowest BCUT2D eigenvalue weighted by atomic mass is 9.85. The van der Waals surface area contributed by atoms with Gasteiger partial charge in [0.1, 0.15) is 0 Å². The minimum atomic E-state index is -0.151. The number of benzene rings is 1. The lowest BCUT2D eigenvalue weighted by molar-refractivity contribution is -0.120. The fourth-order valence-corrected chi connectivity index (χ4v) is 3.13. The van der Waals surface area contributed by atoms with Gasteiger partial charge < -0.3 is 5.32 Å². The molecule has 0 radical (unpaired) electrons. The molecule has 3 nitrogen and oxygen atoms in total. The van der Waals surface area contributed by atoms with Crippen LogP contribution in [0.25, 0.3) is 0 Å². The molecule has 20 heavy (non-hydrogen) atoms. The topological polar surface area (TPSA) is 52.9 Å². The largest absolute Gasteiger partial charge is 0.320 e. The van der Waals surface area contributed by atoms with Crippen LogP contribution in [0.1, 0.15) is 23.5 Å². The monoisotopic (exact) mass is 284 g/mol. The summed E-state index contributed by atoms with van der Waals surface area (Å²) in [7, 11) is 0. The maximum absolute atomic E-state index is 11.9. The number of rotatable bonds is 4. The SMILES string of the molecule is C=CCSC1=C(C#N)[C@@H](c2ccccc2C)CC(=O)N1. The molecule has 0 saturated heterocycles.